The average molecular weight is 1040 g/mol. The number of phosphoric acid groups is 1. The number of esters is 2. The predicted molar refractivity (Wildman–Crippen MR) is 307 cm³/mol. The number of hydrogen-bond acceptors (Lipinski definition) is 7. The van der Waals surface area contributed by atoms with Gasteiger partial charge in [-0.25, -0.2) is 4.57 Å². The smallest absolute Gasteiger partial charge is 0.462 e. The highest BCUT2D eigenvalue weighted by Gasteiger charge is 2.27. The van der Waals surface area contributed by atoms with Gasteiger partial charge in [0.15, 0.2) is 6.10 Å². The van der Waals surface area contributed by atoms with Crippen LogP contribution in [-0.2, 0) is 32.7 Å². The van der Waals surface area contributed by atoms with Crippen LogP contribution in [0.3, 0.4) is 0 Å². The summed E-state index contributed by atoms with van der Waals surface area (Å²) in [6.07, 6.45) is 67.0. The molecule has 1 N–H and O–H groups in total. The van der Waals surface area contributed by atoms with Crippen molar-refractivity contribution in [1.29, 1.82) is 0 Å². The Morgan fingerprint density at radius 2 is 0.792 bits per heavy atom. The van der Waals surface area contributed by atoms with E-state index in [1.807, 2.05) is 21.1 Å². The molecule has 0 aromatic carbocycles. The van der Waals surface area contributed by atoms with Crippen LogP contribution in [0.4, 0.5) is 0 Å². The molecule has 0 aliphatic rings. The molecule has 0 fully saturated rings. The zero-order valence-electron chi connectivity index (χ0n) is 48.2. The minimum Gasteiger partial charge on any atom is -0.462 e. The maximum atomic E-state index is 12.7. The molecule has 0 aliphatic heterocycles. The van der Waals surface area contributed by atoms with Crippen molar-refractivity contribution in [3.05, 3.63) is 36.5 Å². The highest BCUT2D eigenvalue weighted by molar-refractivity contribution is 7.47. The SMILES string of the molecule is CC/C=C\C/C=C\C/C=C\CCCCCC(=O)OC(COC(=O)CCCCCCCCCCCCCCCCCCCCCCCCCCCCCCCCCCCCC)COP(=O)(O)OCC[N+](C)(C)C. The molecule has 10 heteroatoms. The van der Waals surface area contributed by atoms with Crippen LogP contribution in [0.5, 0.6) is 0 Å². The zero-order chi connectivity index (χ0) is 52.7. The van der Waals surface area contributed by atoms with Crippen LogP contribution in [0, 0.1) is 0 Å². The van der Waals surface area contributed by atoms with Crippen molar-refractivity contribution in [2.45, 2.75) is 302 Å². The molecule has 0 bridgehead atoms. The van der Waals surface area contributed by atoms with Crippen LogP contribution in [0.2, 0.25) is 0 Å². The number of quaternary nitrogens is 1. The number of allylic oxidation sites excluding steroid dienone is 6. The fourth-order valence-corrected chi connectivity index (χ4v) is 9.72. The van der Waals surface area contributed by atoms with Crippen LogP contribution < -0.4 is 0 Å². The van der Waals surface area contributed by atoms with E-state index < -0.39 is 26.5 Å². The molecule has 0 aromatic rings. The van der Waals surface area contributed by atoms with E-state index in [1.54, 1.807) is 0 Å². The Morgan fingerprint density at radius 3 is 1.18 bits per heavy atom. The maximum Gasteiger partial charge on any atom is 0.472 e. The normalized spacial score (nSPS) is 13.5. The van der Waals surface area contributed by atoms with Crippen LogP contribution >= 0.6 is 7.82 Å². The molecule has 2 atom stereocenters. The van der Waals surface area contributed by atoms with Gasteiger partial charge in [0.25, 0.3) is 0 Å². The molecule has 2 unspecified atom stereocenters. The van der Waals surface area contributed by atoms with Gasteiger partial charge in [-0.2, -0.15) is 0 Å². The summed E-state index contributed by atoms with van der Waals surface area (Å²) in [5.41, 5.74) is 0. The summed E-state index contributed by atoms with van der Waals surface area (Å²) in [7, 11) is 1.47. The molecule has 72 heavy (non-hydrogen) atoms. The number of ether oxygens (including phenoxy) is 2. The monoisotopic (exact) mass is 1040 g/mol. The predicted octanol–water partition coefficient (Wildman–Crippen LogP) is 19.2. The van der Waals surface area contributed by atoms with Crippen molar-refractivity contribution in [1.82, 2.24) is 0 Å². The molecule has 0 radical (unpaired) electrons. The summed E-state index contributed by atoms with van der Waals surface area (Å²) >= 11 is 0. The van der Waals surface area contributed by atoms with Gasteiger partial charge in [0.2, 0.25) is 0 Å². The third-order valence-corrected chi connectivity index (χ3v) is 14.7. The highest BCUT2D eigenvalue weighted by atomic mass is 31.2. The molecule has 0 rings (SSSR count). The van der Waals surface area contributed by atoms with Gasteiger partial charge in [0.1, 0.15) is 19.8 Å². The van der Waals surface area contributed by atoms with Crippen molar-refractivity contribution < 1.29 is 42.1 Å². The first-order chi connectivity index (χ1) is 35.0. The third-order valence-electron chi connectivity index (χ3n) is 13.7. The number of rotatable bonds is 57. The summed E-state index contributed by atoms with van der Waals surface area (Å²) in [6, 6.07) is 0. The second kappa shape index (κ2) is 54.0. The van der Waals surface area contributed by atoms with Crippen LogP contribution in [-0.4, -0.2) is 74.9 Å². The summed E-state index contributed by atoms with van der Waals surface area (Å²) in [6.45, 7) is 4.32. The molecule has 0 spiro atoms. The van der Waals surface area contributed by atoms with Crippen molar-refractivity contribution in [2.24, 2.45) is 0 Å². The summed E-state index contributed by atoms with van der Waals surface area (Å²) in [4.78, 5) is 35.6. The molecule has 0 aromatic heterocycles. The fourth-order valence-electron chi connectivity index (χ4n) is 8.97. The minimum atomic E-state index is -4.39. The minimum absolute atomic E-state index is 0.0268. The number of unbranched alkanes of at least 4 members (excludes halogenated alkanes) is 37. The van der Waals surface area contributed by atoms with Crippen molar-refractivity contribution in [2.75, 3.05) is 47.5 Å². The number of nitrogens with zero attached hydrogens (tertiary/aromatic N) is 1. The van der Waals surface area contributed by atoms with Crippen LogP contribution in [0.25, 0.3) is 0 Å². The molecular weight excluding hydrogens is 918 g/mol. The van der Waals surface area contributed by atoms with Crippen molar-refractivity contribution >= 4 is 19.8 Å². The topological polar surface area (TPSA) is 108 Å². The Hall–Kier alpha value is -1.77. The zero-order valence-corrected chi connectivity index (χ0v) is 49.1. The first kappa shape index (κ1) is 70.2. The van der Waals surface area contributed by atoms with Gasteiger partial charge < -0.3 is 18.9 Å². The first-order valence-electron chi connectivity index (χ1n) is 30.7. The number of likely N-dealkylation sites (N-methyl/N-ethyl adjacent to an activating group) is 1. The van der Waals surface area contributed by atoms with Gasteiger partial charge >= 0.3 is 19.8 Å². The molecule has 424 valence electrons. The highest BCUT2D eigenvalue weighted by Crippen LogP contribution is 2.43. The van der Waals surface area contributed by atoms with Gasteiger partial charge in [0.05, 0.1) is 27.7 Å². The van der Waals surface area contributed by atoms with Gasteiger partial charge in [-0.1, -0.05) is 275 Å². The average Bonchev–Trinajstić information content (AvgIpc) is 3.34. The standard InChI is InChI=1S/C62H118NO8P/c1-6-8-10-12-14-16-18-20-21-22-23-24-25-26-27-28-29-30-31-32-33-34-35-36-37-38-39-40-41-43-44-46-48-50-52-54-61(64)68-58-60(59-70-72(66,67)69-57-56-63(3,4)5)71-62(65)55-53-51-49-47-45-42-19-17-15-13-11-9-7-2/h9,11,15,17,42,45,60H,6-8,10,12-14,16,18-41,43-44,46-59H2,1-5H3/p+1/b11-9-,17-15-,45-42-. The Balaban J connectivity index is 3.89. The van der Waals surface area contributed by atoms with E-state index in [0.717, 1.165) is 57.8 Å². The summed E-state index contributed by atoms with van der Waals surface area (Å²) in [5, 5.41) is 0. The van der Waals surface area contributed by atoms with E-state index in [2.05, 4.69) is 50.3 Å². The lowest BCUT2D eigenvalue weighted by Crippen LogP contribution is -2.37. The Labute approximate surface area is 446 Å². The van der Waals surface area contributed by atoms with Gasteiger partial charge in [-0.05, 0) is 44.9 Å². The fraction of sp³-hybridized carbons (Fsp3) is 0.871. The molecular formula is C62H119NO8P+. The molecule has 9 nitrogen and oxygen atoms in total. The van der Waals surface area contributed by atoms with Gasteiger partial charge in [-0.3, -0.25) is 18.6 Å². The van der Waals surface area contributed by atoms with Crippen molar-refractivity contribution in [3.63, 3.8) is 0 Å². The van der Waals surface area contributed by atoms with Crippen molar-refractivity contribution in [3.8, 4) is 0 Å². The van der Waals surface area contributed by atoms with E-state index in [-0.39, 0.29) is 32.0 Å². The van der Waals surface area contributed by atoms with E-state index >= 15 is 0 Å². The van der Waals surface area contributed by atoms with E-state index in [0.29, 0.717) is 17.4 Å². The second-order valence-electron chi connectivity index (χ2n) is 22.1. The van der Waals surface area contributed by atoms with E-state index in [9.17, 15) is 19.0 Å². The molecule has 0 heterocycles. The summed E-state index contributed by atoms with van der Waals surface area (Å²) < 4.78 is 34.5. The Morgan fingerprint density at radius 1 is 0.444 bits per heavy atom. The molecule has 0 aliphatic carbocycles. The number of phosphoric ester groups is 1. The number of hydrogen-bond donors (Lipinski definition) is 1. The molecule has 0 saturated carbocycles. The van der Waals surface area contributed by atoms with Gasteiger partial charge in [-0.15, -0.1) is 0 Å². The molecule has 0 amide bonds. The van der Waals surface area contributed by atoms with E-state index in [1.165, 1.54) is 205 Å². The largest absolute Gasteiger partial charge is 0.472 e. The third kappa shape index (κ3) is 57.5. The lowest BCUT2D eigenvalue weighted by molar-refractivity contribution is -0.870. The molecule has 0 saturated heterocycles. The van der Waals surface area contributed by atoms with Crippen LogP contribution in [0.15, 0.2) is 36.5 Å². The van der Waals surface area contributed by atoms with E-state index in [4.69, 9.17) is 18.5 Å². The Bertz CT molecular complexity index is 1310. The second-order valence-corrected chi connectivity index (χ2v) is 23.5. The number of carbonyl (C=O) groups is 2. The Kier molecular flexibility index (Phi) is 52.7. The van der Waals surface area contributed by atoms with Gasteiger partial charge in [0, 0.05) is 12.8 Å². The first-order valence-corrected chi connectivity index (χ1v) is 32.2. The van der Waals surface area contributed by atoms with Crippen LogP contribution in [0.1, 0.15) is 296 Å². The summed E-state index contributed by atoms with van der Waals surface area (Å²) in [5.74, 6) is -0.821. The lowest BCUT2D eigenvalue weighted by Gasteiger charge is -2.24. The quantitative estimate of drug-likeness (QED) is 0.0211. The number of carbonyl (C=O) groups excluding carboxylic acids is 2. The lowest BCUT2D eigenvalue weighted by atomic mass is 10.0. The maximum absolute atomic E-state index is 12.7.